The van der Waals surface area contributed by atoms with Crippen molar-refractivity contribution >= 4 is 5.91 Å². The summed E-state index contributed by atoms with van der Waals surface area (Å²) >= 11 is 0. The average Bonchev–Trinajstić information content (AvgIpc) is 2.90. The normalized spacial score (nSPS) is 23.4. The van der Waals surface area contributed by atoms with Crippen LogP contribution in [0.4, 0.5) is 0 Å². The Morgan fingerprint density at radius 1 is 1.32 bits per heavy atom. The van der Waals surface area contributed by atoms with Crippen LogP contribution in [-0.4, -0.2) is 43.2 Å². The maximum Gasteiger partial charge on any atom is 0.226 e. The smallest absolute Gasteiger partial charge is 0.226 e. The lowest BCUT2D eigenvalue weighted by molar-refractivity contribution is -0.142. The molecule has 2 N–H and O–H groups in total. The minimum atomic E-state index is 0.00137. The Balaban J connectivity index is 1.66. The van der Waals surface area contributed by atoms with E-state index >= 15 is 0 Å². The summed E-state index contributed by atoms with van der Waals surface area (Å²) < 4.78 is 5.51. The third kappa shape index (κ3) is 2.51. The van der Waals surface area contributed by atoms with Crippen LogP contribution in [0.1, 0.15) is 11.1 Å². The van der Waals surface area contributed by atoms with Crippen molar-refractivity contribution in [3.8, 4) is 0 Å². The molecule has 1 aliphatic carbocycles. The van der Waals surface area contributed by atoms with Crippen LogP contribution in [0.25, 0.3) is 0 Å². The van der Waals surface area contributed by atoms with E-state index < -0.39 is 0 Å². The fraction of sp³-hybridized carbons (Fsp3) is 0.533. The van der Waals surface area contributed by atoms with Crippen molar-refractivity contribution in [1.29, 1.82) is 0 Å². The fourth-order valence-corrected chi connectivity index (χ4v) is 3.05. The minimum Gasteiger partial charge on any atom is -0.373 e. The molecule has 2 aliphatic rings. The second kappa shape index (κ2) is 5.31. The number of hydrogen-bond acceptors (Lipinski definition) is 3. The molecule has 1 atom stereocenters. The lowest BCUT2D eigenvalue weighted by Gasteiger charge is -2.33. The zero-order valence-electron chi connectivity index (χ0n) is 11.0. The molecular formula is C15H20N2O2. The SMILES string of the molecule is NCC1CN(C(=O)C2Cc3ccccc3C2)CCO1. The summed E-state index contributed by atoms with van der Waals surface area (Å²) in [6.07, 6.45) is 1.75. The molecule has 1 saturated heterocycles. The monoisotopic (exact) mass is 260 g/mol. The first kappa shape index (κ1) is 12.6. The number of morpholine rings is 1. The van der Waals surface area contributed by atoms with Crippen molar-refractivity contribution in [2.75, 3.05) is 26.2 Å². The van der Waals surface area contributed by atoms with Gasteiger partial charge in [-0.15, -0.1) is 0 Å². The lowest BCUT2D eigenvalue weighted by Crippen LogP contribution is -2.50. The number of amides is 1. The van der Waals surface area contributed by atoms with Crippen molar-refractivity contribution in [3.63, 3.8) is 0 Å². The molecule has 1 aliphatic heterocycles. The molecule has 102 valence electrons. The molecule has 0 saturated carbocycles. The van der Waals surface area contributed by atoms with Gasteiger partial charge < -0.3 is 15.4 Å². The van der Waals surface area contributed by atoms with Crippen molar-refractivity contribution in [2.45, 2.75) is 18.9 Å². The second-order valence-corrected chi connectivity index (χ2v) is 5.39. The molecule has 1 unspecified atom stereocenters. The maximum absolute atomic E-state index is 12.6. The Hall–Kier alpha value is -1.39. The van der Waals surface area contributed by atoms with E-state index in [2.05, 4.69) is 12.1 Å². The highest BCUT2D eigenvalue weighted by Gasteiger charge is 2.32. The molecule has 19 heavy (non-hydrogen) atoms. The van der Waals surface area contributed by atoms with Gasteiger partial charge in [0.2, 0.25) is 5.91 Å². The number of nitrogens with two attached hydrogens (primary N) is 1. The number of hydrogen-bond donors (Lipinski definition) is 1. The van der Waals surface area contributed by atoms with E-state index in [0.29, 0.717) is 26.2 Å². The highest BCUT2D eigenvalue weighted by molar-refractivity contribution is 5.80. The summed E-state index contributed by atoms with van der Waals surface area (Å²) in [5.41, 5.74) is 8.27. The van der Waals surface area contributed by atoms with Crippen LogP contribution in [0.5, 0.6) is 0 Å². The van der Waals surface area contributed by atoms with Crippen molar-refractivity contribution in [3.05, 3.63) is 35.4 Å². The number of carbonyl (C=O) groups excluding carboxylic acids is 1. The number of fused-ring (bicyclic) bond motifs is 1. The van der Waals surface area contributed by atoms with E-state index in [4.69, 9.17) is 10.5 Å². The van der Waals surface area contributed by atoms with Crippen LogP contribution >= 0.6 is 0 Å². The van der Waals surface area contributed by atoms with E-state index in [0.717, 1.165) is 12.8 Å². The lowest BCUT2D eigenvalue weighted by atomic mass is 10.0. The Labute approximate surface area is 113 Å². The molecule has 1 amide bonds. The summed E-state index contributed by atoms with van der Waals surface area (Å²) in [4.78, 5) is 14.5. The number of benzene rings is 1. The van der Waals surface area contributed by atoms with Gasteiger partial charge in [0.25, 0.3) is 0 Å². The van der Waals surface area contributed by atoms with Gasteiger partial charge in [-0.05, 0) is 24.0 Å². The molecule has 0 spiro atoms. The number of ether oxygens (including phenoxy) is 1. The summed E-state index contributed by atoms with van der Waals surface area (Å²) in [7, 11) is 0. The molecule has 1 heterocycles. The zero-order valence-corrected chi connectivity index (χ0v) is 11.0. The topological polar surface area (TPSA) is 55.6 Å². The first-order valence-corrected chi connectivity index (χ1v) is 6.95. The summed E-state index contributed by atoms with van der Waals surface area (Å²) in [5.74, 6) is 0.367. The van der Waals surface area contributed by atoms with E-state index in [1.54, 1.807) is 0 Å². The maximum atomic E-state index is 12.6. The van der Waals surface area contributed by atoms with Crippen LogP contribution in [0.2, 0.25) is 0 Å². The molecule has 1 aromatic rings. The molecule has 3 rings (SSSR count). The van der Waals surface area contributed by atoms with Gasteiger partial charge in [-0.2, -0.15) is 0 Å². The highest BCUT2D eigenvalue weighted by Crippen LogP contribution is 2.28. The Bertz CT molecular complexity index is 450. The molecule has 4 nitrogen and oxygen atoms in total. The predicted octanol–water partition coefficient (Wildman–Crippen LogP) is 0.587. The van der Waals surface area contributed by atoms with Crippen molar-refractivity contribution < 1.29 is 9.53 Å². The summed E-state index contributed by atoms with van der Waals surface area (Å²) in [5, 5.41) is 0. The quantitative estimate of drug-likeness (QED) is 0.846. The van der Waals surface area contributed by atoms with E-state index in [1.165, 1.54) is 11.1 Å². The van der Waals surface area contributed by atoms with Gasteiger partial charge in [-0.3, -0.25) is 4.79 Å². The summed E-state index contributed by atoms with van der Waals surface area (Å²) in [6.45, 7) is 2.42. The van der Waals surface area contributed by atoms with Crippen LogP contribution in [0, 0.1) is 5.92 Å². The standard InChI is InChI=1S/C15H20N2O2/c16-9-14-10-17(5-6-19-14)15(18)13-7-11-3-1-2-4-12(11)8-13/h1-4,13-14H,5-10,16H2. The van der Waals surface area contributed by atoms with Gasteiger partial charge >= 0.3 is 0 Å². The van der Waals surface area contributed by atoms with E-state index in [-0.39, 0.29) is 17.9 Å². The van der Waals surface area contributed by atoms with Crippen LogP contribution in [0.15, 0.2) is 24.3 Å². The van der Waals surface area contributed by atoms with E-state index in [1.807, 2.05) is 17.0 Å². The molecular weight excluding hydrogens is 240 g/mol. The van der Waals surface area contributed by atoms with Gasteiger partial charge in [-0.25, -0.2) is 0 Å². The van der Waals surface area contributed by atoms with Gasteiger partial charge in [0, 0.05) is 25.6 Å². The molecule has 4 heteroatoms. The summed E-state index contributed by atoms with van der Waals surface area (Å²) in [6, 6.07) is 8.35. The third-order valence-corrected chi connectivity index (χ3v) is 4.11. The average molecular weight is 260 g/mol. The van der Waals surface area contributed by atoms with E-state index in [9.17, 15) is 4.79 Å². The highest BCUT2D eigenvalue weighted by atomic mass is 16.5. The number of rotatable bonds is 2. The molecule has 0 radical (unpaired) electrons. The van der Waals surface area contributed by atoms with Gasteiger partial charge in [-0.1, -0.05) is 24.3 Å². The molecule has 1 fully saturated rings. The van der Waals surface area contributed by atoms with Crippen molar-refractivity contribution in [1.82, 2.24) is 4.90 Å². The molecule has 1 aromatic carbocycles. The van der Waals surface area contributed by atoms with Crippen LogP contribution in [-0.2, 0) is 22.4 Å². The number of nitrogens with zero attached hydrogens (tertiary/aromatic N) is 1. The van der Waals surface area contributed by atoms with Gasteiger partial charge in [0.1, 0.15) is 0 Å². The fourth-order valence-electron chi connectivity index (χ4n) is 3.05. The third-order valence-electron chi connectivity index (χ3n) is 4.11. The number of carbonyl (C=O) groups is 1. The predicted molar refractivity (Wildman–Crippen MR) is 72.7 cm³/mol. The minimum absolute atomic E-state index is 0.00137. The Morgan fingerprint density at radius 3 is 2.63 bits per heavy atom. The van der Waals surface area contributed by atoms with Gasteiger partial charge in [0.15, 0.2) is 0 Å². The van der Waals surface area contributed by atoms with Crippen molar-refractivity contribution in [2.24, 2.45) is 11.7 Å². The zero-order chi connectivity index (χ0) is 13.2. The molecule has 0 bridgehead atoms. The van der Waals surface area contributed by atoms with Crippen LogP contribution in [0.3, 0.4) is 0 Å². The second-order valence-electron chi connectivity index (χ2n) is 5.39. The van der Waals surface area contributed by atoms with Gasteiger partial charge in [0.05, 0.1) is 12.7 Å². The molecule has 0 aromatic heterocycles. The first-order chi connectivity index (χ1) is 9.28. The van der Waals surface area contributed by atoms with Crippen LogP contribution < -0.4 is 5.73 Å². The first-order valence-electron chi connectivity index (χ1n) is 6.95. The Kier molecular flexibility index (Phi) is 3.53. The largest absolute Gasteiger partial charge is 0.373 e. The Morgan fingerprint density at radius 2 is 2.00 bits per heavy atom.